The number of pyridine rings is 1. The number of nitrogens with zero attached hydrogens (tertiary/aromatic N) is 4. The number of carbonyl (C=O) groups excluding carboxylic acids is 1. The first-order valence-corrected chi connectivity index (χ1v) is 10.7. The van der Waals surface area contributed by atoms with Gasteiger partial charge in [-0.15, -0.1) is 0 Å². The third-order valence-electron chi connectivity index (χ3n) is 5.34. The number of hydrogen-bond acceptors (Lipinski definition) is 8. The van der Waals surface area contributed by atoms with E-state index in [-0.39, 0.29) is 17.7 Å². The molecule has 2 aromatic rings. The molecule has 0 saturated carbocycles. The van der Waals surface area contributed by atoms with Crippen LogP contribution in [0.2, 0.25) is 0 Å². The van der Waals surface area contributed by atoms with Gasteiger partial charge < -0.3 is 20.8 Å². The molecule has 8 nitrogen and oxygen atoms in total. The summed E-state index contributed by atoms with van der Waals surface area (Å²) in [6, 6.07) is 13.3. The molecular weight excluding hydrogens is 414 g/mol. The minimum absolute atomic E-state index is 0.113. The van der Waals surface area contributed by atoms with Crippen LogP contribution >= 0.6 is 11.8 Å². The highest BCUT2D eigenvalue weighted by Gasteiger charge is 2.38. The van der Waals surface area contributed by atoms with Crippen LogP contribution in [0, 0.1) is 22.7 Å². The summed E-state index contributed by atoms with van der Waals surface area (Å²) in [5.41, 5.74) is 6.11. The van der Waals surface area contributed by atoms with Crippen LogP contribution in [0.4, 0.5) is 5.82 Å². The van der Waals surface area contributed by atoms with E-state index in [1.807, 2.05) is 13.0 Å². The van der Waals surface area contributed by atoms with E-state index in [2.05, 4.69) is 17.1 Å². The molecule has 0 aliphatic carbocycles. The lowest BCUT2D eigenvalue weighted by molar-refractivity contribution is -0.117. The second kappa shape index (κ2) is 9.36. The molecular formula is C22H23N5O3S. The number of benzene rings is 1. The average Bonchev–Trinajstić information content (AvgIpc) is 3.19. The van der Waals surface area contributed by atoms with Crippen molar-refractivity contribution >= 4 is 23.5 Å². The highest BCUT2D eigenvalue weighted by atomic mass is 32.2. The van der Waals surface area contributed by atoms with Crippen molar-refractivity contribution in [2.75, 3.05) is 24.6 Å². The topological polar surface area (TPSA) is 147 Å². The summed E-state index contributed by atoms with van der Waals surface area (Å²) in [7, 11) is 0. The summed E-state index contributed by atoms with van der Waals surface area (Å²) >= 11 is 1.07. The lowest BCUT2D eigenvalue weighted by Gasteiger charge is -2.24. The molecule has 1 saturated heterocycles. The zero-order valence-electron chi connectivity index (χ0n) is 17.1. The zero-order valence-corrected chi connectivity index (χ0v) is 17.9. The molecule has 1 aliphatic rings. The van der Waals surface area contributed by atoms with Gasteiger partial charge in [0.2, 0.25) is 5.91 Å². The second-order valence-corrected chi connectivity index (χ2v) is 8.51. The quantitative estimate of drug-likeness (QED) is 0.554. The van der Waals surface area contributed by atoms with Crippen LogP contribution < -0.4 is 10.6 Å². The molecule has 0 radical (unpaired) electrons. The Morgan fingerprint density at radius 1 is 1.32 bits per heavy atom. The first-order chi connectivity index (χ1) is 14.9. The van der Waals surface area contributed by atoms with E-state index in [9.17, 15) is 25.5 Å². The Hall–Kier alpha value is -3.11. The molecule has 3 rings (SSSR count). The van der Waals surface area contributed by atoms with Crippen molar-refractivity contribution in [1.29, 1.82) is 10.5 Å². The van der Waals surface area contributed by atoms with E-state index in [0.717, 1.165) is 11.8 Å². The normalized spacial score (nSPS) is 18.9. The number of primary amides is 1. The molecule has 160 valence electrons. The summed E-state index contributed by atoms with van der Waals surface area (Å²) in [4.78, 5) is 18.5. The van der Waals surface area contributed by atoms with E-state index in [4.69, 9.17) is 5.73 Å². The maximum Gasteiger partial charge on any atom is 0.235 e. The minimum atomic E-state index is -1.28. The minimum Gasteiger partial charge on any atom is -0.393 e. The fourth-order valence-corrected chi connectivity index (χ4v) is 4.75. The summed E-state index contributed by atoms with van der Waals surface area (Å²) in [5.74, 6) is -0.233. The number of anilines is 1. The first kappa shape index (κ1) is 22.6. The second-order valence-electron chi connectivity index (χ2n) is 7.41. The van der Waals surface area contributed by atoms with Crippen LogP contribution in [0.5, 0.6) is 0 Å². The molecule has 31 heavy (non-hydrogen) atoms. The van der Waals surface area contributed by atoms with E-state index in [1.54, 1.807) is 29.2 Å². The number of amides is 1. The van der Waals surface area contributed by atoms with Crippen molar-refractivity contribution in [3.8, 4) is 12.1 Å². The highest BCUT2D eigenvalue weighted by Crippen LogP contribution is 2.40. The standard InChI is InChI=1S/C22H23N5O3S/c1-2-15-16(10-23)20(27-9-8-22(30,12-27)13-28)26-21(17(15)11-24)31-18(19(25)29)14-6-4-3-5-7-14/h3-7,18,28,30H,2,8-9,12-13H2,1H3,(H2,25,29). The molecule has 0 spiro atoms. The van der Waals surface area contributed by atoms with E-state index >= 15 is 0 Å². The van der Waals surface area contributed by atoms with Gasteiger partial charge in [0.1, 0.15) is 33.8 Å². The number of aliphatic hydroxyl groups excluding tert-OH is 1. The first-order valence-electron chi connectivity index (χ1n) is 9.83. The predicted molar refractivity (Wildman–Crippen MR) is 116 cm³/mol. The molecule has 1 aromatic carbocycles. The molecule has 1 aromatic heterocycles. The number of carbonyl (C=O) groups is 1. The van der Waals surface area contributed by atoms with Gasteiger partial charge in [-0.25, -0.2) is 4.98 Å². The van der Waals surface area contributed by atoms with Crippen LogP contribution in [-0.2, 0) is 11.2 Å². The van der Waals surface area contributed by atoms with Gasteiger partial charge >= 0.3 is 0 Å². The van der Waals surface area contributed by atoms with E-state index in [1.165, 1.54) is 0 Å². The van der Waals surface area contributed by atoms with E-state index in [0.29, 0.717) is 41.4 Å². The molecule has 2 unspecified atom stereocenters. The maximum absolute atomic E-state index is 12.2. The third-order valence-corrected chi connectivity index (χ3v) is 6.60. The van der Waals surface area contributed by atoms with Crippen LogP contribution in [-0.4, -0.2) is 46.4 Å². The Morgan fingerprint density at radius 3 is 2.52 bits per heavy atom. The summed E-state index contributed by atoms with van der Waals surface area (Å²) in [6.07, 6.45) is 0.744. The van der Waals surface area contributed by atoms with Gasteiger partial charge in [-0.1, -0.05) is 49.0 Å². The van der Waals surface area contributed by atoms with Crippen LogP contribution in [0.25, 0.3) is 0 Å². The summed E-state index contributed by atoms with van der Waals surface area (Å²) < 4.78 is 0. The molecule has 1 aliphatic heterocycles. The fourth-order valence-electron chi connectivity index (χ4n) is 3.69. The lowest BCUT2D eigenvalue weighted by atomic mass is 10.0. The predicted octanol–water partition coefficient (Wildman–Crippen LogP) is 1.64. The van der Waals surface area contributed by atoms with Crippen LogP contribution in [0.1, 0.15) is 40.8 Å². The molecule has 4 N–H and O–H groups in total. The van der Waals surface area contributed by atoms with Gasteiger partial charge in [0, 0.05) is 6.54 Å². The van der Waals surface area contributed by atoms with Gasteiger partial charge in [0.25, 0.3) is 0 Å². The van der Waals surface area contributed by atoms with Gasteiger partial charge in [-0.05, 0) is 24.0 Å². The van der Waals surface area contributed by atoms with Crippen molar-refractivity contribution in [3.63, 3.8) is 0 Å². The number of rotatable bonds is 7. The summed E-state index contributed by atoms with van der Waals surface area (Å²) in [5, 5.41) is 39.1. The third kappa shape index (κ3) is 4.49. The average molecular weight is 438 g/mol. The SMILES string of the molecule is CCc1c(C#N)c(SC(C(N)=O)c2ccccc2)nc(N2CCC(O)(CO)C2)c1C#N. The Morgan fingerprint density at radius 2 is 2.00 bits per heavy atom. The van der Waals surface area contributed by atoms with Crippen molar-refractivity contribution in [1.82, 2.24) is 4.98 Å². The number of thioether (sulfide) groups is 1. The van der Waals surface area contributed by atoms with Gasteiger partial charge in [-0.3, -0.25) is 4.79 Å². The number of aliphatic hydroxyl groups is 2. The Labute approximate surface area is 184 Å². The van der Waals surface area contributed by atoms with Crippen molar-refractivity contribution in [2.24, 2.45) is 5.73 Å². The highest BCUT2D eigenvalue weighted by molar-refractivity contribution is 8.00. The number of nitriles is 2. The van der Waals surface area contributed by atoms with Gasteiger partial charge in [-0.2, -0.15) is 10.5 Å². The summed E-state index contributed by atoms with van der Waals surface area (Å²) in [6.45, 7) is 1.95. The monoisotopic (exact) mass is 437 g/mol. The molecule has 9 heteroatoms. The molecule has 2 heterocycles. The van der Waals surface area contributed by atoms with Gasteiger partial charge in [0.05, 0.1) is 24.3 Å². The number of aromatic nitrogens is 1. The largest absolute Gasteiger partial charge is 0.393 e. The van der Waals surface area contributed by atoms with Crippen molar-refractivity contribution in [2.45, 2.75) is 35.6 Å². The number of hydrogen-bond donors (Lipinski definition) is 3. The Kier molecular flexibility index (Phi) is 6.81. The van der Waals surface area contributed by atoms with Crippen molar-refractivity contribution < 1.29 is 15.0 Å². The van der Waals surface area contributed by atoms with Crippen LogP contribution in [0.15, 0.2) is 35.4 Å². The maximum atomic E-state index is 12.2. The zero-order chi connectivity index (χ0) is 22.6. The number of nitrogens with two attached hydrogens (primary N) is 1. The molecule has 0 bridgehead atoms. The smallest absolute Gasteiger partial charge is 0.235 e. The Balaban J connectivity index is 2.13. The Bertz CT molecular complexity index is 1060. The van der Waals surface area contributed by atoms with E-state index < -0.39 is 23.4 Å². The molecule has 1 amide bonds. The van der Waals surface area contributed by atoms with Gasteiger partial charge in [0.15, 0.2) is 0 Å². The van der Waals surface area contributed by atoms with Crippen molar-refractivity contribution in [3.05, 3.63) is 52.6 Å². The van der Waals surface area contributed by atoms with Crippen LogP contribution in [0.3, 0.4) is 0 Å². The molecule has 2 atom stereocenters. The number of β-amino-alcohol motifs (C(OH)–C–C–N with tert-alkyl or cyclic N) is 1. The fraction of sp³-hybridized carbons (Fsp3) is 0.364. The lowest BCUT2D eigenvalue weighted by Crippen LogP contribution is -2.37. The molecule has 1 fully saturated rings.